The molecule has 0 unspecified atom stereocenters. The lowest BCUT2D eigenvalue weighted by Gasteiger charge is -2.20. The van der Waals surface area contributed by atoms with Crippen molar-refractivity contribution in [3.8, 4) is 0 Å². The first-order chi connectivity index (χ1) is 9.28. The van der Waals surface area contributed by atoms with E-state index < -0.39 is 0 Å². The standard InChI is InChI=1S/C15H21N3S/c1-18-14-8-12(10-16)2-3-13(14)17-15(18)9-11-4-6-19-7-5-11/h2-3,8,11H,4-7,9-10,16H2,1H3. The topological polar surface area (TPSA) is 43.8 Å². The molecule has 19 heavy (non-hydrogen) atoms. The first kappa shape index (κ1) is 13.0. The molecule has 3 nitrogen and oxygen atoms in total. The molecule has 1 aliphatic heterocycles. The lowest BCUT2D eigenvalue weighted by atomic mass is 9.98. The Morgan fingerprint density at radius 1 is 1.37 bits per heavy atom. The average Bonchev–Trinajstić information content (AvgIpc) is 2.76. The van der Waals surface area contributed by atoms with Gasteiger partial charge in [-0.1, -0.05) is 6.07 Å². The van der Waals surface area contributed by atoms with Crippen molar-refractivity contribution in [3.05, 3.63) is 29.6 Å². The van der Waals surface area contributed by atoms with E-state index in [2.05, 4.69) is 41.6 Å². The van der Waals surface area contributed by atoms with Crippen LogP contribution in [0.2, 0.25) is 0 Å². The van der Waals surface area contributed by atoms with Gasteiger partial charge in [-0.2, -0.15) is 11.8 Å². The highest BCUT2D eigenvalue weighted by atomic mass is 32.2. The van der Waals surface area contributed by atoms with E-state index >= 15 is 0 Å². The Hall–Kier alpha value is -1.00. The molecular weight excluding hydrogens is 254 g/mol. The number of rotatable bonds is 3. The second-order valence-electron chi connectivity index (χ2n) is 5.37. The zero-order valence-corrected chi connectivity index (χ0v) is 12.2. The number of thioether (sulfide) groups is 1. The van der Waals surface area contributed by atoms with Crippen molar-refractivity contribution in [1.29, 1.82) is 0 Å². The van der Waals surface area contributed by atoms with Gasteiger partial charge in [0, 0.05) is 20.0 Å². The highest BCUT2D eigenvalue weighted by molar-refractivity contribution is 7.99. The Morgan fingerprint density at radius 3 is 2.89 bits per heavy atom. The molecule has 0 saturated carbocycles. The molecule has 0 radical (unpaired) electrons. The van der Waals surface area contributed by atoms with Crippen LogP contribution >= 0.6 is 11.8 Å². The van der Waals surface area contributed by atoms with Crippen LogP contribution in [0.4, 0.5) is 0 Å². The Kier molecular flexibility index (Phi) is 3.80. The van der Waals surface area contributed by atoms with Gasteiger partial charge in [-0.05, 0) is 48.0 Å². The molecule has 0 amide bonds. The van der Waals surface area contributed by atoms with Crippen molar-refractivity contribution in [2.45, 2.75) is 25.8 Å². The number of imidazole rings is 1. The van der Waals surface area contributed by atoms with Crippen LogP contribution in [0.3, 0.4) is 0 Å². The number of benzene rings is 1. The molecule has 1 saturated heterocycles. The average molecular weight is 275 g/mol. The number of nitrogens with two attached hydrogens (primary N) is 1. The smallest absolute Gasteiger partial charge is 0.109 e. The molecule has 2 aromatic rings. The van der Waals surface area contributed by atoms with Crippen LogP contribution in [0.15, 0.2) is 18.2 Å². The lowest BCUT2D eigenvalue weighted by molar-refractivity contribution is 0.471. The van der Waals surface area contributed by atoms with E-state index in [1.165, 1.54) is 41.3 Å². The quantitative estimate of drug-likeness (QED) is 0.936. The van der Waals surface area contributed by atoms with Crippen molar-refractivity contribution in [2.75, 3.05) is 11.5 Å². The van der Waals surface area contributed by atoms with Crippen LogP contribution in [0.1, 0.15) is 24.2 Å². The van der Waals surface area contributed by atoms with Crippen molar-refractivity contribution < 1.29 is 0 Å². The Bertz CT molecular complexity index is 570. The van der Waals surface area contributed by atoms with E-state index in [4.69, 9.17) is 10.7 Å². The van der Waals surface area contributed by atoms with E-state index in [9.17, 15) is 0 Å². The van der Waals surface area contributed by atoms with Gasteiger partial charge in [0.25, 0.3) is 0 Å². The molecule has 1 aliphatic rings. The third kappa shape index (κ3) is 2.65. The van der Waals surface area contributed by atoms with E-state index in [-0.39, 0.29) is 0 Å². The lowest BCUT2D eigenvalue weighted by Crippen LogP contribution is -2.14. The SMILES string of the molecule is Cn1c(CC2CCSCC2)nc2ccc(CN)cc21. The maximum Gasteiger partial charge on any atom is 0.109 e. The Morgan fingerprint density at radius 2 is 2.16 bits per heavy atom. The second-order valence-corrected chi connectivity index (χ2v) is 6.60. The minimum atomic E-state index is 0.594. The molecule has 2 N–H and O–H groups in total. The van der Waals surface area contributed by atoms with Gasteiger partial charge in [0.1, 0.15) is 5.82 Å². The van der Waals surface area contributed by atoms with Crippen LogP contribution in [-0.2, 0) is 20.0 Å². The summed E-state index contributed by atoms with van der Waals surface area (Å²) in [5, 5.41) is 0. The molecule has 0 spiro atoms. The van der Waals surface area contributed by atoms with Crippen LogP contribution in [-0.4, -0.2) is 21.1 Å². The van der Waals surface area contributed by atoms with Gasteiger partial charge in [-0.25, -0.2) is 4.98 Å². The van der Waals surface area contributed by atoms with Crippen molar-refractivity contribution >= 4 is 22.8 Å². The third-order valence-corrected chi connectivity index (χ3v) is 5.13. The fourth-order valence-corrected chi connectivity index (χ4v) is 4.01. The highest BCUT2D eigenvalue weighted by Gasteiger charge is 2.17. The first-order valence-electron chi connectivity index (χ1n) is 7.00. The zero-order chi connectivity index (χ0) is 13.2. The number of fused-ring (bicyclic) bond motifs is 1. The molecule has 0 atom stereocenters. The monoisotopic (exact) mass is 275 g/mol. The van der Waals surface area contributed by atoms with Gasteiger partial charge < -0.3 is 10.3 Å². The summed E-state index contributed by atoms with van der Waals surface area (Å²) in [4.78, 5) is 4.80. The minimum Gasteiger partial charge on any atom is -0.331 e. The molecule has 1 aromatic carbocycles. The van der Waals surface area contributed by atoms with E-state index in [0.29, 0.717) is 6.54 Å². The summed E-state index contributed by atoms with van der Waals surface area (Å²) in [6, 6.07) is 6.34. The molecule has 0 aliphatic carbocycles. The predicted octanol–water partition coefficient (Wildman–Crippen LogP) is 2.72. The highest BCUT2D eigenvalue weighted by Crippen LogP contribution is 2.27. The maximum absolute atomic E-state index is 5.72. The fourth-order valence-electron chi connectivity index (χ4n) is 2.80. The molecule has 1 aromatic heterocycles. The zero-order valence-electron chi connectivity index (χ0n) is 11.4. The summed E-state index contributed by atoms with van der Waals surface area (Å²) in [7, 11) is 2.13. The number of hydrogen-bond donors (Lipinski definition) is 1. The number of nitrogens with zero attached hydrogens (tertiary/aromatic N) is 2. The summed E-state index contributed by atoms with van der Waals surface area (Å²) in [5.74, 6) is 4.66. The Balaban J connectivity index is 1.88. The molecule has 0 bridgehead atoms. The second kappa shape index (κ2) is 5.55. The van der Waals surface area contributed by atoms with Gasteiger partial charge in [0.2, 0.25) is 0 Å². The van der Waals surface area contributed by atoms with E-state index in [1.54, 1.807) is 0 Å². The van der Waals surface area contributed by atoms with Gasteiger partial charge in [0.15, 0.2) is 0 Å². The van der Waals surface area contributed by atoms with E-state index in [1.807, 2.05) is 0 Å². The molecular formula is C15H21N3S. The normalized spacial score (nSPS) is 17.2. The van der Waals surface area contributed by atoms with Gasteiger partial charge in [-0.3, -0.25) is 0 Å². The molecule has 3 rings (SSSR count). The summed E-state index contributed by atoms with van der Waals surface area (Å²) in [6.45, 7) is 0.594. The Labute approximate surface area is 118 Å². The van der Waals surface area contributed by atoms with Crippen LogP contribution in [0, 0.1) is 5.92 Å². The van der Waals surface area contributed by atoms with E-state index in [0.717, 1.165) is 17.9 Å². The van der Waals surface area contributed by atoms with Crippen LogP contribution in [0.25, 0.3) is 11.0 Å². The third-order valence-electron chi connectivity index (χ3n) is 4.09. The predicted molar refractivity (Wildman–Crippen MR) is 82.4 cm³/mol. The molecule has 2 heterocycles. The van der Waals surface area contributed by atoms with Crippen molar-refractivity contribution in [1.82, 2.24) is 9.55 Å². The van der Waals surface area contributed by atoms with Crippen molar-refractivity contribution in [3.63, 3.8) is 0 Å². The summed E-state index contributed by atoms with van der Waals surface area (Å²) >= 11 is 2.08. The van der Waals surface area contributed by atoms with Crippen molar-refractivity contribution in [2.24, 2.45) is 18.7 Å². The maximum atomic E-state index is 5.72. The number of hydrogen-bond acceptors (Lipinski definition) is 3. The first-order valence-corrected chi connectivity index (χ1v) is 8.15. The fraction of sp³-hybridized carbons (Fsp3) is 0.533. The molecule has 4 heteroatoms. The van der Waals surface area contributed by atoms with Gasteiger partial charge >= 0.3 is 0 Å². The summed E-state index contributed by atoms with van der Waals surface area (Å²) in [5.41, 5.74) is 9.20. The summed E-state index contributed by atoms with van der Waals surface area (Å²) in [6.07, 6.45) is 3.79. The van der Waals surface area contributed by atoms with Crippen LogP contribution < -0.4 is 5.73 Å². The van der Waals surface area contributed by atoms with Gasteiger partial charge in [-0.15, -0.1) is 0 Å². The van der Waals surface area contributed by atoms with Crippen LogP contribution in [0.5, 0.6) is 0 Å². The number of aromatic nitrogens is 2. The molecule has 1 fully saturated rings. The molecule has 102 valence electrons. The summed E-state index contributed by atoms with van der Waals surface area (Å²) < 4.78 is 2.25. The largest absolute Gasteiger partial charge is 0.331 e. The minimum absolute atomic E-state index is 0.594. The van der Waals surface area contributed by atoms with Gasteiger partial charge in [0.05, 0.1) is 11.0 Å². The number of aryl methyl sites for hydroxylation is 1.